The number of carbonyl (C=O) groups is 1. The molecular formula is C15H18N2O4S2. The molecule has 1 aliphatic rings. The van der Waals surface area contributed by atoms with Gasteiger partial charge in [-0.15, -0.1) is 11.3 Å². The molecule has 3 heterocycles. The number of carbonyl (C=O) groups excluding carboxylic acids is 1. The van der Waals surface area contributed by atoms with Crippen molar-refractivity contribution in [3.8, 4) is 0 Å². The molecule has 2 aromatic rings. The van der Waals surface area contributed by atoms with Crippen LogP contribution >= 0.6 is 11.3 Å². The average molecular weight is 354 g/mol. The van der Waals surface area contributed by atoms with Gasteiger partial charge in [0.15, 0.2) is 5.76 Å². The fraction of sp³-hybridized carbons (Fsp3) is 0.400. The standard InChI is InChI=1S/C15H18N2O4S2/c18-15(13-5-4-10-21-13)16-11-12-6-7-14(22-12)23(19,20)17-8-2-1-3-9-17/h4-7,10H,1-3,8-9,11H2,(H,16,18). The van der Waals surface area contributed by atoms with Gasteiger partial charge in [0.2, 0.25) is 0 Å². The molecule has 0 bridgehead atoms. The molecule has 1 aliphatic heterocycles. The molecule has 8 heteroatoms. The van der Waals surface area contributed by atoms with Crippen LogP contribution in [0.5, 0.6) is 0 Å². The van der Waals surface area contributed by atoms with Crippen molar-refractivity contribution in [1.29, 1.82) is 0 Å². The Labute approximate surface area is 139 Å². The number of piperidine rings is 1. The van der Waals surface area contributed by atoms with Crippen molar-refractivity contribution in [3.63, 3.8) is 0 Å². The first-order valence-electron chi connectivity index (χ1n) is 7.48. The lowest BCUT2D eigenvalue weighted by Crippen LogP contribution is -2.35. The first-order valence-corrected chi connectivity index (χ1v) is 9.73. The Morgan fingerprint density at radius 3 is 2.70 bits per heavy atom. The Balaban J connectivity index is 1.64. The highest BCUT2D eigenvalue weighted by Gasteiger charge is 2.27. The molecule has 1 amide bonds. The van der Waals surface area contributed by atoms with Gasteiger partial charge in [-0.05, 0) is 37.1 Å². The van der Waals surface area contributed by atoms with E-state index in [1.54, 1.807) is 28.6 Å². The minimum Gasteiger partial charge on any atom is -0.459 e. The molecule has 1 N–H and O–H groups in total. The molecule has 3 rings (SSSR count). The van der Waals surface area contributed by atoms with Crippen LogP contribution in [0.1, 0.15) is 34.7 Å². The zero-order valence-electron chi connectivity index (χ0n) is 12.5. The summed E-state index contributed by atoms with van der Waals surface area (Å²) in [7, 11) is -3.40. The van der Waals surface area contributed by atoms with Crippen molar-refractivity contribution in [3.05, 3.63) is 41.2 Å². The van der Waals surface area contributed by atoms with Gasteiger partial charge in [-0.25, -0.2) is 8.42 Å². The summed E-state index contributed by atoms with van der Waals surface area (Å²) in [6, 6.07) is 6.58. The molecular weight excluding hydrogens is 336 g/mol. The number of hydrogen-bond acceptors (Lipinski definition) is 5. The van der Waals surface area contributed by atoms with Crippen LogP contribution in [0.15, 0.2) is 39.2 Å². The number of nitrogens with zero attached hydrogens (tertiary/aromatic N) is 1. The van der Waals surface area contributed by atoms with Gasteiger partial charge in [0.05, 0.1) is 12.8 Å². The van der Waals surface area contributed by atoms with Crippen molar-refractivity contribution in [2.24, 2.45) is 0 Å². The van der Waals surface area contributed by atoms with Crippen molar-refractivity contribution in [2.45, 2.75) is 30.0 Å². The van der Waals surface area contributed by atoms with Crippen LogP contribution in [0.2, 0.25) is 0 Å². The lowest BCUT2D eigenvalue weighted by atomic mass is 10.2. The third-order valence-corrected chi connectivity index (χ3v) is 7.17. The first kappa shape index (κ1) is 16.2. The molecule has 0 aliphatic carbocycles. The van der Waals surface area contributed by atoms with Gasteiger partial charge in [0, 0.05) is 18.0 Å². The van der Waals surface area contributed by atoms with E-state index in [2.05, 4.69) is 5.32 Å². The SMILES string of the molecule is O=C(NCc1ccc(S(=O)(=O)N2CCCCC2)s1)c1ccco1. The van der Waals surface area contributed by atoms with Crippen LogP contribution in [0, 0.1) is 0 Å². The summed E-state index contributed by atoms with van der Waals surface area (Å²) < 4.78 is 32.0. The van der Waals surface area contributed by atoms with E-state index < -0.39 is 10.0 Å². The van der Waals surface area contributed by atoms with E-state index in [0.717, 1.165) is 24.1 Å². The normalized spacial score (nSPS) is 16.3. The van der Waals surface area contributed by atoms with E-state index in [4.69, 9.17) is 4.42 Å². The van der Waals surface area contributed by atoms with Gasteiger partial charge in [0.25, 0.3) is 15.9 Å². The van der Waals surface area contributed by atoms with Crippen LogP contribution < -0.4 is 5.32 Å². The zero-order chi connectivity index (χ0) is 16.3. The predicted molar refractivity (Wildman–Crippen MR) is 86.8 cm³/mol. The maximum absolute atomic E-state index is 12.6. The summed E-state index contributed by atoms with van der Waals surface area (Å²) in [4.78, 5) is 12.6. The second kappa shape index (κ2) is 6.86. The largest absolute Gasteiger partial charge is 0.459 e. The fourth-order valence-corrected chi connectivity index (χ4v) is 5.45. The van der Waals surface area contributed by atoms with Gasteiger partial charge < -0.3 is 9.73 Å². The number of furan rings is 1. The van der Waals surface area contributed by atoms with E-state index >= 15 is 0 Å². The summed E-state index contributed by atoms with van der Waals surface area (Å²) in [5, 5.41) is 2.71. The van der Waals surface area contributed by atoms with Crippen molar-refractivity contribution in [1.82, 2.24) is 9.62 Å². The number of nitrogens with one attached hydrogen (secondary N) is 1. The highest BCUT2D eigenvalue weighted by molar-refractivity contribution is 7.91. The number of hydrogen-bond donors (Lipinski definition) is 1. The van der Waals surface area contributed by atoms with Crippen molar-refractivity contribution >= 4 is 27.3 Å². The van der Waals surface area contributed by atoms with E-state index in [0.29, 0.717) is 17.3 Å². The monoisotopic (exact) mass is 354 g/mol. The zero-order valence-corrected chi connectivity index (χ0v) is 14.2. The van der Waals surface area contributed by atoms with Crippen LogP contribution in [-0.4, -0.2) is 31.7 Å². The summed E-state index contributed by atoms with van der Waals surface area (Å²) >= 11 is 1.20. The third-order valence-electron chi connectivity index (χ3n) is 3.71. The molecule has 0 radical (unpaired) electrons. The smallest absolute Gasteiger partial charge is 0.287 e. The van der Waals surface area contributed by atoms with E-state index in [-0.39, 0.29) is 18.2 Å². The Bertz CT molecular complexity index is 759. The summed E-state index contributed by atoms with van der Waals surface area (Å²) in [6.45, 7) is 1.45. The molecule has 1 fully saturated rings. The van der Waals surface area contributed by atoms with Crippen molar-refractivity contribution in [2.75, 3.05) is 13.1 Å². The Kier molecular flexibility index (Phi) is 4.84. The van der Waals surface area contributed by atoms with E-state index in [1.165, 1.54) is 17.6 Å². The van der Waals surface area contributed by atoms with Crippen LogP contribution in [0.4, 0.5) is 0 Å². The first-order chi connectivity index (χ1) is 11.1. The predicted octanol–water partition coefficient (Wildman–Crippen LogP) is 2.45. The Hall–Kier alpha value is -1.64. The molecule has 0 saturated carbocycles. The maximum Gasteiger partial charge on any atom is 0.287 e. The van der Waals surface area contributed by atoms with Gasteiger partial charge in [-0.3, -0.25) is 4.79 Å². The fourth-order valence-electron chi connectivity index (χ4n) is 2.49. The molecule has 0 unspecified atom stereocenters. The van der Waals surface area contributed by atoms with Crippen molar-refractivity contribution < 1.29 is 17.6 Å². The van der Waals surface area contributed by atoms with Crippen LogP contribution in [-0.2, 0) is 16.6 Å². The molecule has 0 aromatic carbocycles. The summed E-state index contributed by atoms with van der Waals surface area (Å²) in [6.07, 6.45) is 4.34. The molecule has 0 spiro atoms. The highest BCUT2D eigenvalue weighted by atomic mass is 32.2. The van der Waals surface area contributed by atoms with Gasteiger partial charge in [-0.2, -0.15) is 4.31 Å². The number of sulfonamides is 1. The minimum atomic E-state index is -3.40. The molecule has 2 aromatic heterocycles. The number of thiophene rings is 1. The molecule has 1 saturated heterocycles. The minimum absolute atomic E-state index is 0.239. The average Bonchev–Trinajstić information content (AvgIpc) is 3.25. The van der Waals surface area contributed by atoms with E-state index in [9.17, 15) is 13.2 Å². The van der Waals surface area contributed by atoms with Crippen LogP contribution in [0.3, 0.4) is 0 Å². The highest BCUT2D eigenvalue weighted by Crippen LogP contribution is 2.27. The maximum atomic E-state index is 12.6. The topological polar surface area (TPSA) is 79.6 Å². The van der Waals surface area contributed by atoms with Gasteiger partial charge >= 0.3 is 0 Å². The second-order valence-corrected chi connectivity index (χ2v) is 8.68. The third kappa shape index (κ3) is 3.65. The lowest BCUT2D eigenvalue weighted by Gasteiger charge is -2.25. The Morgan fingerprint density at radius 2 is 2.00 bits per heavy atom. The van der Waals surface area contributed by atoms with Gasteiger partial charge in [-0.1, -0.05) is 6.42 Å². The second-order valence-electron chi connectivity index (χ2n) is 5.35. The molecule has 23 heavy (non-hydrogen) atoms. The van der Waals surface area contributed by atoms with Gasteiger partial charge in [0.1, 0.15) is 4.21 Å². The number of amides is 1. The molecule has 124 valence electrons. The summed E-state index contributed by atoms with van der Waals surface area (Å²) in [5.41, 5.74) is 0. The van der Waals surface area contributed by atoms with Crippen LogP contribution in [0.25, 0.3) is 0 Å². The summed E-state index contributed by atoms with van der Waals surface area (Å²) in [5.74, 6) is -0.0773. The molecule has 6 nitrogen and oxygen atoms in total. The quantitative estimate of drug-likeness (QED) is 0.894. The Morgan fingerprint density at radius 1 is 1.22 bits per heavy atom. The lowest BCUT2D eigenvalue weighted by molar-refractivity contribution is 0.0923. The molecule has 0 atom stereocenters. The van der Waals surface area contributed by atoms with E-state index in [1.807, 2.05) is 0 Å². The number of rotatable bonds is 5.